The number of fused-ring (bicyclic) bond motifs is 1. The van der Waals surface area contributed by atoms with Crippen molar-refractivity contribution in [1.82, 2.24) is 24.7 Å². The normalized spacial score (nSPS) is 11.7. The highest BCUT2D eigenvalue weighted by atomic mass is 19.4. The number of methoxy groups -OCH3 is 1. The molecule has 14 heteroatoms. The van der Waals surface area contributed by atoms with Crippen LogP contribution < -0.4 is 15.4 Å². The molecule has 1 unspecified atom stereocenters. The van der Waals surface area contributed by atoms with Gasteiger partial charge in [-0.15, -0.1) is 0 Å². The standard InChI is InChI=1S/C22H24N8O.C2HF3O2/c1-5-13(2)26-21-19-15(11-23)12-24-20(19)28-22(29-21)27-16-7-6-14(10-18(16)31-4)17-8-9-25-30(17)3;3-2(4,5)1(6)7/h6-10,12-13H,5H2,1-4H3,(H3,24,26,27,28,29);(H,6,7). The van der Waals surface area contributed by atoms with Crippen molar-refractivity contribution in [3.8, 4) is 23.1 Å². The number of H-pyrrole nitrogens is 1. The van der Waals surface area contributed by atoms with Crippen molar-refractivity contribution in [2.24, 2.45) is 7.05 Å². The van der Waals surface area contributed by atoms with E-state index in [0.717, 1.165) is 23.4 Å². The molecule has 1 aromatic carbocycles. The first-order valence-electron chi connectivity index (χ1n) is 11.3. The number of aromatic nitrogens is 5. The molecule has 3 aromatic heterocycles. The van der Waals surface area contributed by atoms with Crippen molar-refractivity contribution in [1.29, 1.82) is 5.26 Å². The minimum atomic E-state index is -5.08. The molecular weight excluding hydrogens is 505 g/mol. The Morgan fingerprint density at radius 2 is 2.03 bits per heavy atom. The quantitative estimate of drug-likeness (QED) is 0.263. The van der Waals surface area contributed by atoms with Gasteiger partial charge in [-0.25, -0.2) is 4.79 Å². The van der Waals surface area contributed by atoms with Gasteiger partial charge in [0.05, 0.1) is 29.4 Å². The van der Waals surface area contributed by atoms with Gasteiger partial charge in [-0.1, -0.05) is 13.0 Å². The summed E-state index contributed by atoms with van der Waals surface area (Å²) in [7, 11) is 3.52. The van der Waals surface area contributed by atoms with Crippen LogP contribution in [0.15, 0.2) is 36.7 Å². The predicted octanol–water partition coefficient (Wildman–Crippen LogP) is 4.83. The van der Waals surface area contributed by atoms with Crippen LogP contribution in [0.5, 0.6) is 5.75 Å². The Balaban J connectivity index is 0.000000505. The summed E-state index contributed by atoms with van der Waals surface area (Å²) in [6, 6.07) is 10.2. The van der Waals surface area contributed by atoms with Crippen molar-refractivity contribution in [3.63, 3.8) is 0 Å². The van der Waals surface area contributed by atoms with Gasteiger partial charge < -0.3 is 25.5 Å². The number of ether oxygens (including phenoxy) is 1. The van der Waals surface area contributed by atoms with E-state index in [2.05, 4.69) is 50.6 Å². The number of nitrogens with one attached hydrogen (secondary N) is 3. The maximum absolute atomic E-state index is 10.6. The molecule has 0 aliphatic rings. The first kappa shape index (κ1) is 27.8. The van der Waals surface area contributed by atoms with Crippen molar-refractivity contribution in [2.45, 2.75) is 32.5 Å². The van der Waals surface area contributed by atoms with E-state index in [-0.39, 0.29) is 6.04 Å². The summed E-state index contributed by atoms with van der Waals surface area (Å²) in [5.74, 6) is -1.09. The Hall–Kier alpha value is -4.80. The van der Waals surface area contributed by atoms with E-state index in [9.17, 15) is 18.4 Å². The van der Waals surface area contributed by atoms with E-state index in [1.807, 2.05) is 36.0 Å². The van der Waals surface area contributed by atoms with Gasteiger partial charge in [0.25, 0.3) is 0 Å². The summed E-state index contributed by atoms with van der Waals surface area (Å²) in [6.07, 6.45) is -0.757. The Morgan fingerprint density at radius 3 is 2.58 bits per heavy atom. The van der Waals surface area contributed by atoms with Crippen molar-refractivity contribution < 1.29 is 27.8 Å². The van der Waals surface area contributed by atoms with E-state index in [1.165, 1.54) is 0 Å². The van der Waals surface area contributed by atoms with Crippen LogP contribution in [0.4, 0.5) is 30.6 Å². The molecule has 38 heavy (non-hydrogen) atoms. The van der Waals surface area contributed by atoms with E-state index in [1.54, 1.807) is 19.5 Å². The van der Waals surface area contributed by atoms with Crippen molar-refractivity contribution in [3.05, 3.63) is 42.2 Å². The molecule has 0 saturated carbocycles. The zero-order valence-electron chi connectivity index (χ0n) is 20.9. The van der Waals surface area contributed by atoms with Crippen LogP contribution >= 0.6 is 0 Å². The second-order valence-electron chi connectivity index (χ2n) is 8.07. The van der Waals surface area contributed by atoms with Crippen LogP contribution in [0.1, 0.15) is 25.8 Å². The van der Waals surface area contributed by atoms with Gasteiger partial charge in [0.15, 0.2) is 0 Å². The lowest BCUT2D eigenvalue weighted by molar-refractivity contribution is -0.192. The summed E-state index contributed by atoms with van der Waals surface area (Å²) in [6.45, 7) is 4.16. The fourth-order valence-corrected chi connectivity index (χ4v) is 3.35. The number of aromatic amines is 1. The highest BCUT2D eigenvalue weighted by Gasteiger charge is 2.38. The molecule has 200 valence electrons. The Morgan fingerprint density at radius 1 is 1.32 bits per heavy atom. The van der Waals surface area contributed by atoms with Gasteiger partial charge in [-0.2, -0.15) is 33.5 Å². The topological polar surface area (TPSA) is 154 Å². The molecule has 0 amide bonds. The maximum Gasteiger partial charge on any atom is 0.490 e. The number of aryl methyl sites for hydroxylation is 1. The lowest BCUT2D eigenvalue weighted by Crippen LogP contribution is -2.21. The highest BCUT2D eigenvalue weighted by molar-refractivity contribution is 5.93. The predicted molar refractivity (Wildman–Crippen MR) is 134 cm³/mol. The van der Waals surface area contributed by atoms with Gasteiger partial charge in [0.2, 0.25) is 5.95 Å². The van der Waals surface area contributed by atoms with Gasteiger partial charge in [-0.3, -0.25) is 4.68 Å². The number of carboxylic acids is 1. The Labute approximate surface area is 215 Å². The molecule has 0 spiro atoms. The van der Waals surface area contributed by atoms with Crippen LogP contribution in [0.2, 0.25) is 0 Å². The average Bonchev–Trinajstić information content (AvgIpc) is 3.50. The molecule has 0 fully saturated rings. The third-order valence-corrected chi connectivity index (χ3v) is 5.45. The summed E-state index contributed by atoms with van der Waals surface area (Å²) in [5, 5.41) is 28.1. The van der Waals surface area contributed by atoms with E-state index in [4.69, 9.17) is 14.6 Å². The number of rotatable bonds is 7. The number of carbonyl (C=O) groups is 1. The van der Waals surface area contributed by atoms with Crippen LogP contribution in [-0.4, -0.2) is 55.1 Å². The molecule has 0 aliphatic heterocycles. The third-order valence-electron chi connectivity index (χ3n) is 5.45. The number of benzene rings is 1. The van der Waals surface area contributed by atoms with Crippen LogP contribution in [-0.2, 0) is 11.8 Å². The molecule has 1 atom stereocenters. The maximum atomic E-state index is 10.6. The zero-order chi connectivity index (χ0) is 28.0. The molecule has 11 nitrogen and oxygen atoms in total. The van der Waals surface area contributed by atoms with Gasteiger partial charge in [0, 0.05) is 31.0 Å². The fourth-order valence-electron chi connectivity index (χ4n) is 3.35. The monoisotopic (exact) mass is 530 g/mol. The number of anilines is 3. The van der Waals surface area contributed by atoms with Crippen molar-refractivity contribution >= 4 is 34.5 Å². The van der Waals surface area contributed by atoms with Gasteiger partial charge in [0.1, 0.15) is 23.3 Å². The zero-order valence-corrected chi connectivity index (χ0v) is 20.9. The smallest absolute Gasteiger partial charge is 0.490 e. The molecule has 0 aliphatic carbocycles. The molecule has 4 rings (SSSR count). The lowest BCUT2D eigenvalue weighted by Gasteiger charge is -2.16. The molecular formula is C24H25F3N8O3. The number of hydrogen-bond acceptors (Lipinski definition) is 8. The van der Waals surface area contributed by atoms with Crippen LogP contribution in [0.3, 0.4) is 0 Å². The van der Waals surface area contributed by atoms with Gasteiger partial charge in [-0.05, 0) is 31.5 Å². The number of aliphatic carboxylic acids is 1. The molecule has 0 saturated heterocycles. The summed E-state index contributed by atoms with van der Waals surface area (Å²) in [4.78, 5) is 21.2. The van der Waals surface area contributed by atoms with E-state index >= 15 is 0 Å². The highest BCUT2D eigenvalue weighted by Crippen LogP contribution is 2.33. The molecule has 3 heterocycles. The third kappa shape index (κ3) is 6.30. The number of nitriles is 1. The molecule has 0 bridgehead atoms. The number of carboxylic acid groups (broad SMARTS) is 1. The second-order valence-corrected chi connectivity index (χ2v) is 8.07. The Bertz CT molecular complexity index is 1470. The van der Waals surface area contributed by atoms with Crippen molar-refractivity contribution in [2.75, 3.05) is 17.7 Å². The SMILES string of the molecule is CCC(C)Nc1nc(Nc2ccc(-c3ccnn3C)cc2OC)nc2[nH]cc(C#N)c12.O=C(O)C(F)(F)F. The van der Waals surface area contributed by atoms with E-state index in [0.29, 0.717) is 34.1 Å². The van der Waals surface area contributed by atoms with Gasteiger partial charge >= 0.3 is 12.1 Å². The number of halogens is 3. The molecule has 4 N–H and O–H groups in total. The van der Waals surface area contributed by atoms with E-state index < -0.39 is 12.1 Å². The minimum absolute atomic E-state index is 0.195. The van der Waals surface area contributed by atoms with Crippen LogP contribution in [0, 0.1) is 11.3 Å². The largest absolute Gasteiger partial charge is 0.495 e. The number of nitrogens with zero attached hydrogens (tertiary/aromatic N) is 5. The lowest BCUT2D eigenvalue weighted by atomic mass is 10.1. The molecule has 0 radical (unpaired) electrons. The number of alkyl halides is 3. The fraction of sp³-hybridized carbons (Fsp3) is 0.292. The summed E-state index contributed by atoms with van der Waals surface area (Å²) in [5.41, 5.74) is 3.80. The summed E-state index contributed by atoms with van der Waals surface area (Å²) < 4.78 is 39.1. The first-order chi connectivity index (χ1) is 18.0. The Kier molecular flexibility index (Phi) is 8.41. The first-order valence-corrected chi connectivity index (χ1v) is 11.3. The minimum Gasteiger partial charge on any atom is -0.495 e. The summed E-state index contributed by atoms with van der Waals surface area (Å²) >= 11 is 0. The average molecular weight is 531 g/mol. The number of hydrogen-bond donors (Lipinski definition) is 4. The second kappa shape index (κ2) is 11.5. The van der Waals surface area contributed by atoms with Crippen LogP contribution in [0.25, 0.3) is 22.3 Å². The molecule has 4 aromatic rings.